The topological polar surface area (TPSA) is 79.0 Å². The molecule has 0 aliphatic carbocycles. The van der Waals surface area contributed by atoms with Gasteiger partial charge < -0.3 is 9.64 Å². The lowest BCUT2D eigenvalue weighted by atomic mass is 10.1. The number of carbonyl (C=O) groups is 1. The largest absolute Gasteiger partial charge is 0.462 e. The summed E-state index contributed by atoms with van der Waals surface area (Å²) in [5.74, 6) is -0.343. The predicted octanol–water partition coefficient (Wildman–Crippen LogP) is 7.91. The van der Waals surface area contributed by atoms with Gasteiger partial charge in [-0.1, -0.05) is 0 Å². The molecule has 0 spiro atoms. The normalized spacial score (nSPS) is 13.8. The maximum Gasteiger partial charge on any atom is 0.338 e. The van der Waals surface area contributed by atoms with E-state index >= 15 is 0 Å². The number of carbonyl (C=O) groups excluding carboxylic acids is 1. The maximum absolute atomic E-state index is 11.8. The van der Waals surface area contributed by atoms with Crippen LogP contribution in [0.3, 0.4) is 0 Å². The number of azo groups is 2. The summed E-state index contributed by atoms with van der Waals surface area (Å²) in [6, 6.07) is 19.0. The molecule has 4 rings (SSSR count). The Hall–Kier alpha value is -3.87. The zero-order valence-corrected chi connectivity index (χ0v) is 19.9. The maximum atomic E-state index is 11.8. The summed E-state index contributed by atoms with van der Waals surface area (Å²) < 4.78 is 5.00. The zero-order chi connectivity index (χ0) is 23.9. The molecule has 7 nitrogen and oxygen atoms in total. The van der Waals surface area contributed by atoms with Crippen LogP contribution in [0.1, 0.15) is 41.3 Å². The molecule has 1 aliphatic heterocycles. The summed E-state index contributed by atoms with van der Waals surface area (Å²) in [5, 5.41) is 17.6. The SMILES string of the molecule is CCOC(=O)c1ccc(/N=N/c2cc(C)c(/N=N/c3ccc(N4CCCC4)cc3)c(C)c2)cc1. The molecule has 0 atom stereocenters. The fourth-order valence-electron chi connectivity index (χ4n) is 3.96. The smallest absolute Gasteiger partial charge is 0.338 e. The standard InChI is InChI=1S/C27H29N5O2/c1-4-34-27(33)21-7-9-22(10-8-21)28-30-24-17-19(2)26(20(3)18-24)31-29-23-11-13-25(14-12-23)32-15-5-6-16-32/h7-14,17-18H,4-6,15-16H2,1-3H3/b30-28+,31-29+. The van der Waals surface area contributed by atoms with E-state index in [-0.39, 0.29) is 5.97 Å². The molecule has 0 N–H and O–H groups in total. The summed E-state index contributed by atoms with van der Waals surface area (Å²) >= 11 is 0. The molecule has 0 radical (unpaired) electrons. The minimum atomic E-state index is -0.343. The van der Waals surface area contributed by atoms with Crippen LogP contribution in [0.25, 0.3) is 0 Å². The van der Waals surface area contributed by atoms with Gasteiger partial charge in [-0.2, -0.15) is 20.5 Å². The molecule has 0 amide bonds. The zero-order valence-electron chi connectivity index (χ0n) is 19.9. The number of hydrogen-bond donors (Lipinski definition) is 0. The van der Waals surface area contributed by atoms with Crippen molar-refractivity contribution < 1.29 is 9.53 Å². The van der Waals surface area contributed by atoms with E-state index in [4.69, 9.17) is 4.74 Å². The molecule has 3 aromatic rings. The van der Waals surface area contributed by atoms with Gasteiger partial charge in [-0.15, -0.1) is 0 Å². The molecule has 1 saturated heterocycles. The van der Waals surface area contributed by atoms with Crippen LogP contribution in [-0.4, -0.2) is 25.7 Å². The van der Waals surface area contributed by atoms with E-state index in [1.807, 2.05) is 38.1 Å². The molecule has 1 fully saturated rings. The van der Waals surface area contributed by atoms with E-state index in [0.29, 0.717) is 17.9 Å². The summed E-state index contributed by atoms with van der Waals surface area (Å²) in [7, 11) is 0. The molecule has 1 aliphatic rings. The quantitative estimate of drug-likeness (QED) is 0.268. The fourth-order valence-corrected chi connectivity index (χ4v) is 3.96. The van der Waals surface area contributed by atoms with Gasteiger partial charge in [0.15, 0.2) is 0 Å². The van der Waals surface area contributed by atoms with E-state index < -0.39 is 0 Å². The summed E-state index contributed by atoms with van der Waals surface area (Å²) in [5.41, 5.74) is 6.75. The second-order valence-corrected chi connectivity index (χ2v) is 8.31. The van der Waals surface area contributed by atoms with E-state index in [0.717, 1.165) is 41.3 Å². The number of anilines is 1. The number of nitrogens with zero attached hydrogens (tertiary/aromatic N) is 5. The lowest BCUT2D eigenvalue weighted by Crippen LogP contribution is -2.17. The molecule has 34 heavy (non-hydrogen) atoms. The van der Waals surface area contributed by atoms with E-state index in [1.54, 1.807) is 31.2 Å². The minimum Gasteiger partial charge on any atom is -0.462 e. The van der Waals surface area contributed by atoms with E-state index in [1.165, 1.54) is 18.5 Å². The number of ether oxygens (including phenoxy) is 1. The minimum absolute atomic E-state index is 0.343. The van der Waals surface area contributed by atoms with Gasteiger partial charge in [-0.05, 0) is 105 Å². The lowest BCUT2D eigenvalue weighted by Gasteiger charge is -2.17. The Morgan fingerprint density at radius 1 is 0.794 bits per heavy atom. The second kappa shape index (κ2) is 10.8. The fraction of sp³-hybridized carbons (Fsp3) is 0.296. The van der Waals surface area contributed by atoms with Crippen molar-refractivity contribution in [2.24, 2.45) is 20.5 Å². The average molecular weight is 456 g/mol. The van der Waals surface area contributed by atoms with Crippen LogP contribution in [0.4, 0.5) is 28.4 Å². The first-order valence-electron chi connectivity index (χ1n) is 11.6. The third-order valence-corrected chi connectivity index (χ3v) is 5.72. The van der Waals surface area contributed by atoms with Crippen molar-refractivity contribution in [3.63, 3.8) is 0 Å². The van der Waals surface area contributed by atoms with Crippen LogP contribution in [0, 0.1) is 13.8 Å². The van der Waals surface area contributed by atoms with Crippen molar-refractivity contribution in [2.45, 2.75) is 33.6 Å². The molecule has 7 heteroatoms. The molecule has 0 saturated carbocycles. The van der Waals surface area contributed by atoms with Crippen molar-refractivity contribution >= 4 is 34.4 Å². The summed E-state index contributed by atoms with van der Waals surface area (Å²) in [6.07, 6.45) is 2.52. The van der Waals surface area contributed by atoms with Gasteiger partial charge in [0.1, 0.15) is 0 Å². The summed E-state index contributed by atoms with van der Waals surface area (Å²) in [4.78, 5) is 14.2. The van der Waals surface area contributed by atoms with Gasteiger partial charge in [-0.25, -0.2) is 4.79 Å². The van der Waals surface area contributed by atoms with Crippen LogP contribution < -0.4 is 4.90 Å². The van der Waals surface area contributed by atoms with Crippen LogP contribution >= 0.6 is 0 Å². The molecule has 0 bridgehead atoms. The average Bonchev–Trinajstić information content (AvgIpc) is 3.38. The second-order valence-electron chi connectivity index (χ2n) is 8.31. The van der Waals surface area contributed by atoms with Crippen LogP contribution in [0.15, 0.2) is 81.1 Å². The van der Waals surface area contributed by atoms with Crippen LogP contribution in [-0.2, 0) is 4.74 Å². The third kappa shape index (κ3) is 5.73. The molecular formula is C27H29N5O2. The van der Waals surface area contributed by atoms with Crippen molar-refractivity contribution in [2.75, 3.05) is 24.6 Å². The van der Waals surface area contributed by atoms with Gasteiger partial charge in [0.05, 0.1) is 34.9 Å². The lowest BCUT2D eigenvalue weighted by molar-refractivity contribution is 0.0526. The molecule has 1 heterocycles. The van der Waals surface area contributed by atoms with E-state index in [9.17, 15) is 4.79 Å². The Morgan fingerprint density at radius 2 is 1.32 bits per heavy atom. The number of benzene rings is 3. The Morgan fingerprint density at radius 3 is 1.91 bits per heavy atom. The van der Waals surface area contributed by atoms with Crippen molar-refractivity contribution in [1.29, 1.82) is 0 Å². The van der Waals surface area contributed by atoms with Crippen molar-refractivity contribution in [3.8, 4) is 0 Å². The summed E-state index contributed by atoms with van der Waals surface area (Å²) in [6.45, 7) is 8.36. The molecule has 0 unspecified atom stereocenters. The highest BCUT2D eigenvalue weighted by atomic mass is 16.5. The first-order valence-corrected chi connectivity index (χ1v) is 11.6. The Balaban J connectivity index is 1.43. The number of esters is 1. The number of aryl methyl sites for hydroxylation is 2. The Bertz CT molecular complexity index is 1170. The van der Waals surface area contributed by atoms with Gasteiger partial charge in [-0.3, -0.25) is 0 Å². The number of hydrogen-bond acceptors (Lipinski definition) is 7. The van der Waals surface area contributed by atoms with E-state index in [2.05, 4.69) is 37.5 Å². The molecule has 174 valence electrons. The Kier molecular flexibility index (Phi) is 7.42. The first kappa shape index (κ1) is 23.3. The van der Waals surface area contributed by atoms with Gasteiger partial charge in [0.2, 0.25) is 0 Å². The Labute approximate surface area is 200 Å². The first-order chi connectivity index (χ1) is 16.5. The monoisotopic (exact) mass is 455 g/mol. The van der Waals surface area contributed by atoms with Crippen molar-refractivity contribution in [3.05, 3.63) is 77.4 Å². The third-order valence-electron chi connectivity index (χ3n) is 5.72. The molecule has 3 aromatic carbocycles. The molecular weight excluding hydrogens is 426 g/mol. The highest BCUT2D eigenvalue weighted by Crippen LogP contribution is 2.32. The highest BCUT2D eigenvalue weighted by molar-refractivity contribution is 5.89. The number of rotatable bonds is 7. The van der Waals surface area contributed by atoms with Gasteiger partial charge in [0, 0.05) is 18.8 Å². The van der Waals surface area contributed by atoms with Gasteiger partial charge >= 0.3 is 5.97 Å². The molecule has 0 aromatic heterocycles. The highest BCUT2D eigenvalue weighted by Gasteiger charge is 2.12. The van der Waals surface area contributed by atoms with Crippen LogP contribution in [0.5, 0.6) is 0 Å². The predicted molar refractivity (Wildman–Crippen MR) is 135 cm³/mol. The van der Waals surface area contributed by atoms with Crippen molar-refractivity contribution in [1.82, 2.24) is 0 Å². The van der Waals surface area contributed by atoms with Crippen LogP contribution in [0.2, 0.25) is 0 Å². The van der Waals surface area contributed by atoms with Gasteiger partial charge in [0.25, 0.3) is 0 Å².